The van der Waals surface area contributed by atoms with Crippen molar-refractivity contribution in [2.75, 3.05) is 30.9 Å². The molecule has 1 amide bonds. The van der Waals surface area contributed by atoms with Gasteiger partial charge in [-0.3, -0.25) is 9.69 Å². The van der Waals surface area contributed by atoms with Crippen molar-refractivity contribution in [2.45, 2.75) is 37.4 Å². The lowest BCUT2D eigenvalue weighted by atomic mass is 10.3. The fourth-order valence-corrected chi connectivity index (χ4v) is 6.12. The van der Waals surface area contributed by atoms with E-state index in [1.807, 2.05) is 24.3 Å². The number of rotatable bonds is 8. The molecule has 6 nitrogen and oxygen atoms in total. The fraction of sp³-hybridized carbons (Fsp3) is 0.556. The summed E-state index contributed by atoms with van der Waals surface area (Å²) < 4.78 is 31.0. The van der Waals surface area contributed by atoms with Crippen LogP contribution in [0.4, 0.5) is 5.13 Å². The highest BCUT2D eigenvalue weighted by Crippen LogP contribution is 2.29. The van der Waals surface area contributed by atoms with Crippen molar-refractivity contribution in [1.29, 1.82) is 0 Å². The standard InChI is InChI=1S/C18H24N2O4S2/c1-24-12-11-20(18-19-15-8-4-5-9-16(15)25-18)17(21)10-13-26(22,23)14-6-2-3-7-14/h4-5,8-9,14H,2-3,6-7,10-13H2,1H3. The van der Waals surface area contributed by atoms with Crippen molar-refractivity contribution in [3.8, 4) is 0 Å². The zero-order valence-corrected chi connectivity index (χ0v) is 16.5. The van der Waals surface area contributed by atoms with Crippen LogP contribution < -0.4 is 4.90 Å². The molecule has 1 aliphatic carbocycles. The number of benzene rings is 1. The Balaban J connectivity index is 1.73. The van der Waals surface area contributed by atoms with Crippen molar-refractivity contribution in [2.24, 2.45) is 0 Å². The largest absolute Gasteiger partial charge is 0.383 e. The lowest BCUT2D eigenvalue weighted by molar-refractivity contribution is -0.118. The van der Waals surface area contributed by atoms with Crippen molar-refractivity contribution in [3.05, 3.63) is 24.3 Å². The zero-order valence-electron chi connectivity index (χ0n) is 14.9. The summed E-state index contributed by atoms with van der Waals surface area (Å²) in [6.45, 7) is 0.732. The molecule has 0 unspecified atom stereocenters. The molecule has 2 aromatic rings. The number of ether oxygens (including phenoxy) is 1. The third kappa shape index (κ3) is 4.42. The van der Waals surface area contributed by atoms with E-state index in [-0.39, 0.29) is 23.3 Å². The van der Waals surface area contributed by atoms with Crippen LogP contribution in [0.5, 0.6) is 0 Å². The molecule has 0 radical (unpaired) electrons. The van der Waals surface area contributed by atoms with Gasteiger partial charge in [-0.25, -0.2) is 13.4 Å². The van der Waals surface area contributed by atoms with Gasteiger partial charge in [0.15, 0.2) is 15.0 Å². The van der Waals surface area contributed by atoms with E-state index in [0.717, 1.165) is 35.9 Å². The van der Waals surface area contributed by atoms with E-state index in [2.05, 4.69) is 4.98 Å². The molecule has 0 spiro atoms. The van der Waals surface area contributed by atoms with Gasteiger partial charge < -0.3 is 4.74 Å². The van der Waals surface area contributed by atoms with E-state index >= 15 is 0 Å². The average Bonchev–Trinajstić information content (AvgIpc) is 3.30. The molecule has 1 aliphatic rings. The van der Waals surface area contributed by atoms with E-state index in [1.165, 1.54) is 11.3 Å². The summed E-state index contributed by atoms with van der Waals surface area (Å²) in [6, 6.07) is 7.69. The van der Waals surface area contributed by atoms with E-state index in [1.54, 1.807) is 12.0 Å². The number of thiazole rings is 1. The van der Waals surface area contributed by atoms with Gasteiger partial charge in [0.2, 0.25) is 5.91 Å². The summed E-state index contributed by atoms with van der Waals surface area (Å²) in [5, 5.41) is 0.316. The minimum atomic E-state index is -3.21. The first kappa shape index (κ1) is 19.3. The molecule has 1 saturated carbocycles. The molecule has 0 atom stereocenters. The second kappa shape index (κ2) is 8.45. The normalized spacial score (nSPS) is 15.6. The van der Waals surface area contributed by atoms with Crippen molar-refractivity contribution < 1.29 is 17.9 Å². The van der Waals surface area contributed by atoms with Crippen LogP contribution in [-0.2, 0) is 19.4 Å². The van der Waals surface area contributed by atoms with Crippen LogP contribution in [-0.4, -0.2) is 50.6 Å². The predicted octanol–water partition coefficient (Wildman–Crippen LogP) is 3.02. The number of methoxy groups -OCH3 is 1. The first-order valence-electron chi connectivity index (χ1n) is 8.88. The maximum absolute atomic E-state index is 12.8. The number of hydrogen-bond acceptors (Lipinski definition) is 6. The molecule has 3 rings (SSSR count). The molecule has 1 aromatic heterocycles. The summed E-state index contributed by atoms with van der Waals surface area (Å²) in [5.74, 6) is -0.312. The van der Waals surface area contributed by atoms with Gasteiger partial charge in [-0.2, -0.15) is 0 Å². The second-order valence-electron chi connectivity index (χ2n) is 6.53. The maximum atomic E-state index is 12.8. The van der Waals surface area contributed by atoms with Crippen molar-refractivity contribution >= 4 is 42.4 Å². The van der Waals surface area contributed by atoms with Gasteiger partial charge in [-0.15, -0.1) is 0 Å². The summed E-state index contributed by atoms with van der Waals surface area (Å²) in [4.78, 5) is 18.8. The summed E-state index contributed by atoms with van der Waals surface area (Å²) in [6.07, 6.45) is 3.36. The number of hydrogen-bond donors (Lipinski definition) is 0. The first-order valence-corrected chi connectivity index (χ1v) is 11.4. The molecule has 1 fully saturated rings. The van der Waals surface area contributed by atoms with Crippen LogP contribution in [0, 0.1) is 0 Å². The van der Waals surface area contributed by atoms with Crippen LogP contribution in [0.3, 0.4) is 0 Å². The Labute approximate surface area is 158 Å². The molecule has 8 heteroatoms. The van der Waals surface area contributed by atoms with Crippen LogP contribution in [0.25, 0.3) is 10.2 Å². The third-order valence-electron chi connectivity index (χ3n) is 4.74. The van der Waals surface area contributed by atoms with Gasteiger partial charge in [0.1, 0.15) is 0 Å². The number of sulfone groups is 1. The van der Waals surface area contributed by atoms with Crippen LogP contribution in [0.1, 0.15) is 32.1 Å². The number of amides is 1. The lowest BCUT2D eigenvalue weighted by Crippen LogP contribution is -2.35. The molecule has 0 N–H and O–H groups in total. The Bertz CT molecular complexity index is 824. The molecular weight excluding hydrogens is 372 g/mol. The number of aromatic nitrogens is 1. The Kier molecular flexibility index (Phi) is 6.26. The van der Waals surface area contributed by atoms with Gasteiger partial charge in [0.25, 0.3) is 0 Å². The van der Waals surface area contributed by atoms with Gasteiger partial charge in [-0.05, 0) is 25.0 Å². The van der Waals surface area contributed by atoms with Crippen LogP contribution in [0.2, 0.25) is 0 Å². The quantitative estimate of drug-likeness (QED) is 0.685. The van der Waals surface area contributed by atoms with Crippen molar-refractivity contribution in [3.63, 3.8) is 0 Å². The van der Waals surface area contributed by atoms with Crippen LogP contribution in [0.15, 0.2) is 24.3 Å². The first-order chi connectivity index (χ1) is 12.5. The SMILES string of the molecule is COCCN(C(=O)CCS(=O)(=O)C1CCCC1)c1nc2ccccc2s1. The number of anilines is 1. The summed E-state index contributed by atoms with van der Waals surface area (Å²) >= 11 is 1.43. The maximum Gasteiger partial charge on any atom is 0.229 e. The van der Waals surface area contributed by atoms with Gasteiger partial charge in [0, 0.05) is 13.5 Å². The van der Waals surface area contributed by atoms with Gasteiger partial charge >= 0.3 is 0 Å². The average molecular weight is 397 g/mol. The minimum Gasteiger partial charge on any atom is -0.383 e. The van der Waals surface area contributed by atoms with Crippen LogP contribution >= 0.6 is 11.3 Å². The predicted molar refractivity (Wildman–Crippen MR) is 105 cm³/mol. The summed E-state index contributed by atoms with van der Waals surface area (Å²) in [7, 11) is -1.64. The highest BCUT2D eigenvalue weighted by atomic mass is 32.2. The Morgan fingerprint density at radius 3 is 2.73 bits per heavy atom. The van der Waals surface area contributed by atoms with E-state index in [4.69, 9.17) is 4.74 Å². The molecule has 0 aliphatic heterocycles. The number of carbonyl (C=O) groups excluding carboxylic acids is 1. The highest BCUT2D eigenvalue weighted by molar-refractivity contribution is 7.92. The number of nitrogens with zero attached hydrogens (tertiary/aromatic N) is 2. The molecular formula is C18H24N2O4S2. The summed E-state index contributed by atoms with van der Waals surface area (Å²) in [5.41, 5.74) is 0.835. The Hall–Kier alpha value is -1.51. The highest BCUT2D eigenvalue weighted by Gasteiger charge is 2.30. The van der Waals surface area contributed by atoms with E-state index in [9.17, 15) is 13.2 Å². The number of fused-ring (bicyclic) bond motifs is 1. The van der Waals surface area contributed by atoms with Crippen molar-refractivity contribution in [1.82, 2.24) is 4.98 Å². The van der Waals surface area contributed by atoms with E-state index in [0.29, 0.717) is 18.3 Å². The second-order valence-corrected chi connectivity index (χ2v) is 9.94. The molecule has 0 bridgehead atoms. The Morgan fingerprint density at radius 1 is 1.31 bits per heavy atom. The monoisotopic (exact) mass is 396 g/mol. The minimum absolute atomic E-state index is 0.0154. The molecule has 142 valence electrons. The zero-order chi connectivity index (χ0) is 18.6. The topological polar surface area (TPSA) is 76.6 Å². The Morgan fingerprint density at radius 2 is 2.04 bits per heavy atom. The molecule has 26 heavy (non-hydrogen) atoms. The smallest absolute Gasteiger partial charge is 0.229 e. The van der Waals surface area contributed by atoms with Gasteiger partial charge in [-0.1, -0.05) is 36.3 Å². The lowest BCUT2D eigenvalue weighted by Gasteiger charge is -2.20. The number of para-hydroxylation sites is 1. The molecule has 0 saturated heterocycles. The third-order valence-corrected chi connectivity index (χ3v) is 8.06. The van der Waals surface area contributed by atoms with Gasteiger partial charge in [0.05, 0.1) is 34.4 Å². The van der Waals surface area contributed by atoms with E-state index < -0.39 is 9.84 Å². The fourth-order valence-electron chi connectivity index (χ4n) is 3.26. The number of carbonyl (C=O) groups is 1. The molecule has 1 aromatic carbocycles. The molecule has 1 heterocycles.